The number of nitrogens with zero attached hydrogens (tertiary/aromatic N) is 5. The molecule has 0 saturated carbocycles. The first-order valence-corrected chi connectivity index (χ1v) is 17.3. The molecule has 0 bridgehead atoms. The first-order valence-electron chi connectivity index (χ1n) is 17.3. The van der Waals surface area contributed by atoms with Crippen molar-refractivity contribution in [3.8, 4) is 22.4 Å². The SMILES string of the molecule is Cc1nn2c(N3CCN(CCO)CC3)cc(-c3ccccc3)nc2c1-c1ccc(CCCCCCCCNC(=O)OC(C)(C)C)cc1. The molecule has 1 saturated heterocycles. The summed E-state index contributed by atoms with van der Waals surface area (Å²) in [6, 6.07) is 21.5. The largest absolute Gasteiger partial charge is 0.444 e. The molecule has 1 fully saturated rings. The third-order valence-corrected chi connectivity index (χ3v) is 8.73. The Hall–Kier alpha value is -3.95. The van der Waals surface area contributed by atoms with Crippen LogP contribution >= 0.6 is 0 Å². The Morgan fingerprint density at radius 2 is 1.57 bits per heavy atom. The fourth-order valence-electron chi connectivity index (χ4n) is 6.27. The number of rotatable bonds is 14. The van der Waals surface area contributed by atoms with E-state index >= 15 is 0 Å². The van der Waals surface area contributed by atoms with Crippen molar-refractivity contribution in [2.24, 2.45) is 0 Å². The van der Waals surface area contributed by atoms with E-state index in [9.17, 15) is 9.90 Å². The molecule has 2 aromatic heterocycles. The van der Waals surface area contributed by atoms with Gasteiger partial charge < -0.3 is 20.1 Å². The minimum absolute atomic E-state index is 0.191. The van der Waals surface area contributed by atoms with Crippen LogP contribution in [0, 0.1) is 6.92 Å². The van der Waals surface area contributed by atoms with Gasteiger partial charge in [0.15, 0.2) is 5.65 Å². The third-order valence-electron chi connectivity index (χ3n) is 8.73. The fourth-order valence-corrected chi connectivity index (χ4v) is 6.27. The second-order valence-corrected chi connectivity index (χ2v) is 13.6. The van der Waals surface area contributed by atoms with Crippen LogP contribution in [0.5, 0.6) is 0 Å². The number of unbranched alkanes of at least 4 members (excludes halogenated alkanes) is 5. The highest BCUT2D eigenvalue weighted by molar-refractivity contribution is 5.83. The molecular formula is C38H52N6O3. The zero-order chi connectivity index (χ0) is 33.2. The number of carbonyl (C=O) groups is 1. The lowest BCUT2D eigenvalue weighted by Gasteiger charge is -2.35. The van der Waals surface area contributed by atoms with Gasteiger partial charge in [0.25, 0.3) is 0 Å². The van der Waals surface area contributed by atoms with Crippen LogP contribution in [0.25, 0.3) is 28.0 Å². The van der Waals surface area contributed by atoms with E-state index in [-0.39, 0.29) is 12.7 Å². The van der Waals surface area contributed by atoms with Gasteiger partial charge in [-0.2, -0.15) is 9.61 Å². The van der Waals surface area contributed by atoms with Gasteiger partial charge in [-0.3, -0.25) is 4.90 Å². The summed E-state index contributed by atoms with van der Waals surface area (Å²) < 4.78 is 7.31. The number of benzene rings is 2. The van der Waals surface area contributed by atoms with E-state index in [2.05, 4.69) is 76.6 Å². The number of alkyl carbamates (subject to hydrolysis) is 1. The van der Waals surface area contributed by atoms with Gasteiger partial charge in [-0.15, -0.1) is 0 Å². The van der Waals surface area contributed by atoms with Crippen LogP contribution in [0.2, 0.25) is 0 Å². The standard InChI is InChI=1S/C38H52N6O3/c1-29-35(32-19-17-30(18-20-32)14-10-7-5-6-8-13-21-39-37(46)47-38(2,3)4)36-40-33(31-15-11-9-12-16-31)28-34(44(36)41-29)43-24-22-42(23-25-43)26-27-45/h9,11-12,15-20,28,45H,5-8,10,13-14,21-27H2,1-4H3,(H,39,46). The van der Waals surface area contributed by atoms with Gasteiger partial charge in [0.2, 0.25) is 0 Å². The van der Waals surface area contributed by atoms with Crippen molar-refractivity contribution in [1.29, 1.82) is 0 Å². The van der Waals surface area contributed by atoms with E-state index in [0.29, 0.717) is 13.1 Å². The molecule has 2 N–H and O–H groups in total. The summed E-state index contributed by atoms with van der Waals surface area (Å²) >= 11 is 0. The van der Waals surface area contributed by atoms with Gasteiger partial charge in [-0.1, -0.05) is 80.3 Å². The predicted octanol–water partition coefficient (Wildman–Crippen LogP) is 6.89. The van der Waals surface area contributed by atoms with Crippen molar-refractivity contribution < 1.29 is 14.6 Å². The van der Waals surface area contributed by atoms with E-state index in [1.165, 1.54) is 31.2 Å². The Kier molecular flexibility index (Phi) is 11.9. The summed E-state index contributed by atoms with van der Waals surface area (Å²) in [5.41, 5.74) is 7.00. The molecule has 9 heteroatoms. The predicted molar refractivity (Wildman–Crippen MR) is 190 cm³/mol. The molecular weight excluding hydrogens is 588 g/mol. The average Bonchev–Trinajstić information content (AvgIpc) is 3.39. The summed E-state index contributed by atoms with van der Waals surface area (Å²) in [5, 5.41) is 17.3. The molecule has 0 atom stereocenters. The summed E-state index contributed by atoms with van der Waals surface area (Å²) in [5.74, 6) is 1.06. The number of aliphatic hydroxyl groups is 1. The number of hydrogen-bond donors (Lipinski definition) is 2. The first-order chi connectivity index (χ1) is 22.7. The fraction of sp³-hybridized carbons (Fsp3) is 0.500. The highest BCUT2D eigenvalue weighted by Gasteiger charge is 2.23. The summed E-state index contributed by atoms with van der Waals surface area (Å²) in [4.78, 5) is 21.6. The second-order valence-electron chi connectivity index (χ2n) is 13.6. The number of nitrogens with one attached hydrogen (secondary N) is 1. The van der Waals surface area contributed by atoms with Crippen molar-refractivity contribution >= 4 is 17.6 Å². The van der Waals surface area contributed by atoms with Crippen LogP contribution in [0.4, 0.5) is 10.6 Å². The van der Waals surface area contributed by atoms with E-state index in [1.807, 2.05) is 31.4 Å². The number of amides is 1. The van der Waals surface area contributed by atoms with Crippen LogP contribution in [0.3, 0.4) is 0 Å². The molecule has 252 valence electrons. The highest BCUT2D eigenvalue weighted by atomic mass is 16.6. The zero-order valence-electron chi connectivity index (χ0n) is 28.7. The van der Waals surface area contributed by atoms with Crippen molar-refractivity contribution in [3.05, 3.63) is 71.9 Å². The number of carbonyl (C=O) groups excluding carboxylic acids is 1. The van der Waals surface area contributed by atoms with E-state index in [1.54, 1.807) is 0 Å². The topological polar surface area (TPSA) is 95.2 Å². The van der Waals surface area contributed by atoms with Gasteiger partial charge in [0, 0.05) is 56.5 Å². The summed E-state index contributed by atoms with van der Waals surface area (Å²) in [6.45, 7) is 12.9. The number of ether oxygens (including phenoxy) is 1. The van der Waals surface area contributed by atoms with Crippen LogP contribution < -0.4 is 10.2 Å². The second kappa shape index (κ2) is 16.2. The van der Waals surface area contributed by atoms with Crippen molar-refractivity contribution in [2.75, 3.05) is 50.8 Å². The number of piperazine rings is 1. The number of anilines is 1. The van der Waals surface area contributed by atoms with Crippen LogP contribution in [0.1, 0.15) is 70.6 Å². The quantitative estimate of drug-likeness (QED) is 0.145. The lowest BCUT2D eigenvalue weighted by Crippen LogP contribution is -2.47. The highest BCUT2D eigenvalue weighted by Crippen LogP contribution is 2.33. The lowest BCUT2D eigenvalue weighted by molar-refractivity contribution is 0.0527. The Morgan fingerprint density at radius 1 is 0.894 bits per heavy atom. The molecule has 1 amide bonds. The molecule has 4 aromatic rings. The molecule has 1 aliphatic heterocycles. The number of aliphatic hydroxyl groups excluding tert-OH is 1. The van der Waals surface area contributed by atoms with Gasteiger partial charge in [-0.25, -0.2) is 9.78 Å². The van der Waals surface area contributed by atoms with Crippen molar-refractivity contribution in [2.45, 2.75) is 78.2 Å². The van der Waals surface area contributed by atoms with Gasteiger partial charge in [0.05, 0.1) is 18.0 Å². The molecule has 9 nitrogen and oxygen atoms in total. The summed E-state index contributed by atoms with van der Waals surface area (Å²) in [7, 11) is 0. The number of aromatic nitrogens is 3. The Balaban J connectivity index is 1.20. The molecule has 0 radical (unpaired) electrons. The van der Waals surface area contributed by atoms with Crippen LogP contribution in [-0.4, -0.2) is 82.2 Å². The summed E-state index contributed by atoms with van der Waals surface area (Å²) in [6.07, 6.45) is 7.60. The van der Waals surface area contributed by atoms with Crippen molar-refractivity contribution in [1.82, 2.24) is 24.8 Å². The van der Waals surface area contributed by atoms with Gasteiger partial charge in [-0.05, 0) is 58.1 Å². The number of aryl methyl sites for hydroxylation is 2. The number of β-amino-alcohol motifs (C(OH)–C–C–N with tert-alkyl or cyclic N) is 1. The Morgan fingerprint density at radius 3 is 2.26 bits per heavy atom. The maximum absolute atomic E-state index is 11.7. The zero-order valence-corrected chi connectivity index (χ0v) is 28.7. The van der Waals surface area contributed by atoms with Crippen LogP contribution in [-0.2, 0) is 11.2 Å². The first kappa shape index (κ1) is 34.4. The van der Waals surface area contributed by atoms with Crippen molar-refractivity contribution in [3.63, 3.8) is 0 Å². The minimum Gasteiger partial charge on any atom is -0.444 e. The molecule has 0 unspecified atom stereocenters. The molecule has 2 aromatic carbocycles. The van der Waals surface area contributed by atoms with E-state index in [0.717, 1.165) is 85.0 Å². The average molecular weight is 641 g/mol. The number of fused-ring (bicyclic) bond motifs is 1. The minimum atomic E-state index is -0.455. The van der Waals surface area contributed by atoms with Gasteiger partial charge in [0.1, 0.15) is 11.4 Å². The Labute approximate surface area is 280 Å². The van der Waals surface area contributed by atoms with Gasteiger partial charge >= 0.3 is 6.09 Å². The normalized spacial score (nSPS) is 14.1. The van der Waals surface area contributed by atoms with E-state index < -0.39 is 5.60 Å². The maximum Gasteiger partial charge on any atom is 0.407 e. The number of hydrogen-bond acceptors (Lipinski definition) is 7. The lowest BCUT2D eigenvalue weighted by atomic mass is 10.0. The molecule has 1 aliphatic rings. The molecule has 47 heavy (non-hydrogen) atoms. The third kappa shape index (κ3) is 9.55. The molecule has 0 spiro atoms. The maximum atomic E-state index is 11.7. The molecule has 5 rings (SSSR count). The molecule has 3 heterocycles. The Bertz CT molecular complexity index is 1570. The molecule has 0 aliphatic carbocycles. The smallest absolute Gasteiger partial charge is 0.407 e. The monoisotopic (exact) mass is 640 g/mol. The van der Waals surface area contributed by atoms with Crippen LogP contribution in [0.15, 0.2) is 60.7 Å². The van der Waals surface area contributed by atoms with E-state index in [4.69, 9.17) is 14.8 Å².